The van der Waals surface area contributed by atoms with Gasteiger partial charge in [-0.05, 0) is 22.3 Å². The molecule has 1 unspecified atom stereocenters. The van der Waals surface area contributed by atoms with E-state index in [-0.39, 0.29) is 19.3 Å². The molecule has 0 aromatic heterocycles. The van der Waals surface area contributed by atoms with Gasteiger partial charge >= 0.3 is 0 Å². The van der Waals surface area contributed by atoms with Crippen molar-refractivity contribution < 1.29 is 47.5 Å². The summed E-state index contributed by atoms with van der Waals surface area (Å²) in [7, 11) is 1.63. The highest BCUT2D eigenvalue weighted by atomic mass is 16.8. The van der Waals surface area contributed by atoms with E-state index in [1.807, 2.05) is 152 Å². The first-order valence-corrected chi connectivity index (χ1v) is 20.4. The molecule has 310 valence electrons. The van der Waals surface area contributed by atoms with E-state index in [9.17, 15) is 0 Å². The Kier molecular flexibility index (Phi) is 14.9. The van der Waals surface area contributed by atoms with Crippen molar-refractivity contribution in [1.82, 2.24) is 5.48 Å². The molecule has 3 aliphatic rings. The van der Waals surface area contributed by atoms with Crippen LogP contribution in [0.4, 0.5) is 0 Å². The van der Waals surface area contributed by atoms with Gasteiger partial charge in [0.1, 0.15) is 36.6 Å². The van der Waals surface area contributed by atoms with E-state index in [0.717, 1.165) is 27.8 Å². The molecule has 11 heteroatoms. The van der Waals surface area contributed by atoms with Gasteiger partial charge in [-0.25, -0.2) is 0 Å². The summed E-state index contributed by atoms with van der Waals surface area (Å²) < 4.78 is 58.5. The zero-order valence-electron chi connectivity index (χ0n) is 33.2. The predicted molar refractivity (Wildman–Crippen MR) is 218 cm³/mol. The van der Waals surface area contributed by atoms with Crippen LogP contribution in [0.2, 0.25) is 0 Å². The molecule has 0 bridgehead atoms. The van der Waals surface area contributed by atoms with E-state index in [1.54, 1.807) is 7.11 Å². The lowest BCUT2D eigenvalue weighted by Gasteiger charge is -2.48. The maximum atomic E-state index is 6.91. The van der Waals surface area contributed by atoms with Gasteiger partial charge in [-0.3, -0.25) is 4.84 Å². The molecule has 0 spiro atoms. The molecule has 1 N–H and O–H groups in total. The largest absolute Gasteiger partial charge is 0.374 e. The molecule has 11 nitrogen and oxygen atoms in total. The molecule has 5 aromatic carbocycles. The first kappa shape index (κ1) is 41.4. The molecule has 10 atom stereocenters. The zero-order valence-corrected chi connectivity index (χ0v) is 33.2. The van der Waals surface area contributed by atoms with E-state index < -0.39 is 55.5 Å². The Balaban J connectivity index is 1.09. The van der Waals surface area contributed by atoms with Gasteiger partial charge in [0, 0.05) is 19.1 Å². The normalized spacial score (nSPS) is 28.2. The van der Waals surface area contributed by atoms with Crippen molar-refractivity contribution in [2.45, 2.75) is 94.4 Å². The third-order valence-electron chi connectivity index (χ3n) is 10.7. The first-order chi connectivity index (χ1) is 29.2. The van der Waals surface area contributed by atoms with Gasteiger partial charge in [0.05, 0.1) is 45.7 Å². The Morgan fingerprint density at radius 2 is 1.07 bits per heavy atom. The van der Waals surface area contributed by atoms with Crippen molar-refractivity contribution >= 4 is 0 Å². The molecule has 5 aromatic rings. The van der Waals surface area contributed by atoms with Crippen LogP contribution in [0, 0.1) is 0 Å². The number of methoxy groups -OCH3 is 1. The Bertz CT molecular complexity index is 1930. The number of benzene rings is 5. The lowest BCUT2D eigenvalue weighted by atomic mass is 9.97. The average Bonchev–Trinajstić information content (AvgIpc) is 3.30. The highest BCUT2D eigenvalue weighted by Crippen LogP contribution is 2.36. The molecule has 0 amide bonds. The lowest BCUT2D eigenvalue weighted by molar-refractivity contribution is -0.357. The van der Waals surface area contributed by atoms with E-state index in [2.05, 4.69) is 5.48 Å². The Labute approximate surface area is 346 Å². The second-order valence-electron chi connectivity index (χ2n) is 14.9. The summed E-state index contributed by atoms with van der Waals surface area (Å²) in [5.41, 5.74) is 8.34. The number of hydrogen-bond acceptors (Lipinski definition) is 11. The number of hydrogen-bond donors (Lipinski definition) is 1. The monoisotopic (exact) mass is 803 g/mol. The first-order valence-electron chi connectivity index (χ1n) is 20.4. The Hall–Kier alpha value is -4.34. The number of hydroxylamine groups is 1. The van der Waals surface area contributed by atoms with Crippen LogP contribution >= 0.6 is 0 Å². The number of rotatable bonds is 18. The molecule has 3 heterocycles. The van der Waals surface area contributed by atoms with Crippen molar-refractivity contribution in [3.05, 3.63) is 179 Å². The summed E-state index contributed by atoms with van der Waals surface area (Å²) >= 11 is 0. The third kappa shape index (κ3) is 11.3. The van der Waals surface area contributed by atoms with Crippen molar-refractivity contribution in [2.75, 3.05) is 20.3 Å². The van der Waals surface area contributed by atoms with Crippen LogP contribution in [-0.4, -0.2) is 75.6 Å². The van der Waals surface area contributed by atoms with Crippen molar-refractivity contribution in [3.63, 3.8) is 0 Å². The van der Waals surface area contributed by atoms with Crippen LogP contribution in [0.15, 0.2) is 152 Å². The molecule has 0 aliphatic carbocycles. The van der Waals surface area contributed by atoms with Gasteiger partial charge in [-0.1, -0.05) is 152 Å². The Morgan fingerprint density at radius 3 is 1.63 bits per heavy atom. The maximum Gasteiger partial charge on any atom is 0.206 e. The molecule has 0 radical (unpaired) electrons. The topological polar surface area (TPSA) is 104 Å². The van der Waals surface area contributed by atoms with Gasteiger partial charge < -0.3 is 42.6 Å². The summed E-state index contributed by atoms with van der Waals surface area (Å²) in [5, 5.41) is 0. The molecule has 3 aliphatic heterocycles. The minimum atomic E-state index is -0.964. The number of ether oxygens (including phenoxy) is 9. The van der Waals surface area contributed by atoms with Crippen LogP contribution in [-0.2, 0) is 73.9 Å². The molecular formula is C48H53NO10. The maximum absolute atomic E-state index is 6.91. The zero-order chi connectivity index (χ0) is 40.1. The van der Waals surface area contributed by atoms with Crippen molar-refractivity contribution in [3.8, 4) is 0 Å². The van der Waals surface area contributed by atoms with Crippen LogP contribution in [0.25, 0.3) is 0 Å². The highest BCUT2D eigenvalue weighted by Gasteiger charge is 2.51. The molecule has 3 fully saturated rings. The van der Waals surface area contributed by atoms with Gasteiger partial charge in [0.2, 0.25) is 6.29 Å². The fraction of sp³-hybridized carbons (Fsp3) is 0.375. The lowest BCUT2D eigenvalue weighted by Crippen LogP contribution is -2.64. The van der Waals surface area contributed by atoms with Gasteiger partial charge in [-0.2, -0.15) is 5.48 Å². The smallest absolute Gasteiger partial charge is 0.206 e. The van der Waals surface area contributed by atoms with Crippen LogP contribution in [0.3, 0.4) is 0 Å². The van der Waals surface area contributed by atoms with Gasteiger partial charge in [-0.15, -0.1) is 0 Å². The fourth-order valence-corrected chi connectivity index (χ4v) is 7.66. The Morgan fingerprint density at radius 1 is 0.559 bits per heavy atom. The number of nitrogens with one attached hydrogen (secondary N) is 1. The molecule has 0 saturated carbocycles. The minimum absolute atomic E-state index is 0.206. The van der Waals surface area contributed by atoms with E-state index in [4.69, 9.17) is 47.5 Å². The summed E-state index contributed by atoms with van der Waals surface area (Å²) in [4.78, 5) is 6.67. The summed E-state index contributed by atoms with van der Waals surface area (Å²) in [6.07, 6.45) is -5.03. The summed E-state index contributed by atoms with van der Waals surface area (Å²) in [6.45, 7) is 1.85. The summed E-state index contributed by atoms with van der Waals surface area (Å²) in [5.74, 6) is 0. The SMILES string of the molecule is CO[C@@H]1C[C@H](NO[C@H]2O[C@H](COCc3ccccc3)[C@@H](OCc3ccccc3)[C@H](OCc3ccccc3)[C@H]2OCc2ccccc2)[C@@H]2OC(c3ccccc3)OC[C@H]2O1. The minimum Gasteiger partial charge on any atom is -0.374 e. The van der Waals surface area contributed by atoms with Crippen molar-refractivity contribution in [2.24, 2.45) is 0 Å². The predicted octanol–water partition coefficient (Wildman–Crippen LogP) is 7.45. The molecule has 8 rings (SSSR count). The third-order valence-corrected chi connectivity index (χ3v) is 10.7. The van der Waals surface area contributed by atoms with Gasteiger partial charge in [0.15, 0.2) is 12.6 Å². The fourth-order valence-electron chi connectivity index (χ4n) is 7.66. The average molecular weight is 804 g/mol. The second-order valence-corrected chi connectivity index (χ2v) is 14.9. The molecule has 59 heavy (non-hydrogen) atoms. The standard InChI is InChI=1S/C48H53NO10/c1-50-42-27-39(43-41(56-42)33-55-47(58-43)38-25-15-6-16-26-38)49-59-48-46(54-31-37-23-13-5-14-24-37)45(53-30-36-21-11-4-12-22-36)44(52-29-35-19-9-3-10-20-35)40(57-48)32-51-28-34-17-7-2-8-18-34/h2-26,39-49H,27-33H2,1H3/t39-,40+,41+,42-,43-,44+,45-,46+,47?,48+/m0/s1. The van der Waals surface area contributed by atoms with Crippen molar-refractivity contribution in [1.29, 1.82) is 0 Å². The quantitative estimate of drug-likeness (QED) is 0.0894. The second kappa shape index (κ2) is 21.3. The van der Waals surface area contributed by atoms with E-state index in [0.29, 0.717) is 32.8 Å². The molecular weight excluding hydrogens is 751 g/mol. The van der Waals surface area contributed by atoms with Crippen LogP contribution in [0.1, 0.15) is 40.5 Å². The van der Waals surface area contributed by atoms with Gasteiger partial charge in [0.25, 0.3) is 0 Å². The molecule has 3 saturated heterocycles. The van der Waals surface area contributed by atoms with Crippen LogP contribution < -0.4 is 5.48 Å². The van der Waals surface area contributed by atoms with Crippen LogP contribution in [0.5, 0.6) is 0 Å². The number of fused-ring (bicyclic) bond motifs is 1. The summed E-state index contributed by atoms with van der Waals surface area (Å²) in [6, 6.07) is 49.7. The van der Waals surface area contributed by atoms with E-state index >= 15 is 0 Å². The van der Waals surface area contributed by atoms with E-state index in [1.165, 1.54) is 0 Å². The highest BCUT2D eigenvalue weighted by molar-refractivity contribution is 5.18.